The summed E-state index contributed by atoms with van der Waals surface area (Å²) >= 11 is 0. The van der Waals surface area contributed by atoms with Crippen molar-refractivity contribution >= 4 is 0 Å². The third-order valence-corrected chi connectivity index (χ3v) is 4.34. The molecule has 2 aliphatic rings. The Morgan fingerprint density at radius 1 is 1.35 bits per heavy atom. The number of ether oxygens (including phenoxy) is 1. The lowest BCUT2D eigenvalue weighted by Crippen LogP contribution is -2.42. The molecule has 2 nitrogen and oxygen atoms in total. The van der Waals surface area contributed by atoms with E-state index in [1.54, 1.807) is 0 Å². The van der Waals surface area contributed by atoms with E-state index in [4.69, 9.17) is 4.74 Å². The van der Waals surface area contributed by atoms with Crippen molar-refractivity contribution in [1.82, 2.24) is 5.32 Å². The minimum Gasteiger partial charge on any atom is -0.490 e. The maximum absolute atomic E-state index is 6.06. The van der Waals surface area contributed by atoms with Crippen molar-refractivity contribution in [3.05, 3.63) is 29.8 Å². The van der Waals surface area contributed by atoms with Crippen molar-refractivity contribution in [1.29, 1.82) is 0 Å². The number of fused-ring (bicyclic) bond motifs is 1. The van der Waals surface area contributed by atoms with Crippen molar-refractivity contribution in [2.24, 2.45) is 5.41 Å². The molecule has 0 amide bonds. The molecule has 1 N–H and O–H groups in total. The highest BCUT2D eigenvalue weighted by molar-refractivity contribution is 5.37. The van der Waals surface area contributed by atoms with Gasteiger partial charge in [-0.15, -0.1) is 0 Å². The zero-order chi connectivity index (χ0) is 11.7. The van der Waals surface area contributed by atoms with Gasteiger partial charge in [0.25, 0.3) is 0 Å². The summed E-state index contributed by atoms with van der Waals surface area (Å²) in [7, 11) is 2.06. The standard InChI is InChI=1S/C15H21NO/c1-16-11-15(7-4-8-15)10-13-9-12-5-2-3-6-14(12)17-13/h2-3,5-6,13,16H,4,7-11H2,1H3. The van der Waals surface area contributed by atoms with Crippen LogP contribution >= 0.6 is 0 Å². The van der Waals surface area contributed by atoms with Crippen LogP contribution < -0.4 is 10.1 Å². The van der Waals surface area contributed by atoms with Crippen molar-refractivity contribution in [2.75, 3.05) is 13.6 Å². The van der Waals surface area contributed by atoms with E-state index in [2.05, 4.69) is 36.6 Å². The Bertz CT molecular complexity index is 373. The lowest BCUT2D eigenvalue weighted by Gasteiger charge is -2.43. The van der Waals surface area contributed by atoms with E-state index >= 15 is 0 Å². The van der Waals surface area contributed by atoms with E-state index in [0.717, 1.165) is 18.7 Å². The molecule has 1 aliphatic carbocycles. The Balaban J connectivity index is 1.65. The van der Waals surface area contributed by atoms with Crippen LogP contribution in [0.2, 0.25) is 0 Å². The summed E-state index contributed by atoms with van der Waals surface area (Å²) in [5.41, 5.74) is 1.90. The first kappa shape index (κ1) is 11.1. The first-order chi connectivity index (χ1) is 8.31. The summed E-state index contributed by atoms with van der Waals surface area (Å²) in [6.45, 7) is 1.14. The van der Waals surface area contributed by atoms with Crippen LogP contribution in [0.3, 0.4) is 0 Å². The van der Waals surface area contributed by atoms with Gasteiger partial charge in [0, 0.05) is 13.0 Å². The van der Waals surface area contributed by atoms with Crippen LogP contribution in [0.4, 0.5) is 0 Å². The summed E-state index contributed by atoms with van der Waals surface area (Å²) in [6.07, 6.45) is 6.83. The second-order valence-corrected chi connectivity index (χ2v) is 5.64. The molecule has 2 heteroatoms. The third kappa shape index (κ3) is 2.06. The molecule has 0 bridgehead atoms. The molecule has 1 aliphatic heterocycles. The Morgan fingerprint density at radius 3 is 2.82 bits per heavy atom. The molecule has 3 rings (SSSR count). The summed E-state index contributed by atoms with van der Waals surface area (Å²) in [5.74, 6) is 1.11. The number of rotatable bonds is 4. The van der Waals surface area contributed by atoms with E-state index in [0.29, 0.717) is 11.5 Å². The van der Waals surface area contributed by atoms with Crippen LogP contribution in [-0.2, 0) is 6.42 Å². The number of para-hydroxylation sites is 1. The first-order valence-electron chi connectivity index (χ1n) is 6.70. The van der Waals surface area contributed by atoms with Gasteiger partial charge in [0.2, 0.25) is 0 Å². The second kappa shape index (κ2) is 4.34. The molecule has 1 saturated carbocycles. The minimum atomic E-state index is 0.404. The van der Waals surface area contributed by atoms with Gasteiger partial charge in [-0.3, -0.25) is 0 Å². The Labute approximate surface area is 103 Å². The summed E-state index contributed by atoms with van der Waals surface area (Å²) in [5, 5.41) is 3.35. The molecule has 1 unspecified atom stereocenters. The van der Waals surface area contributed by atoms with E-state index in [-0.39, 0.29) is 0 Å². The van der Waals surface area contributed by atoms with Crippen molar-refractivity contribution in [3.8, 4) is 5.75 Å². The van der Waals surface area contributed by atoms with E-state index in [1.165, 1.54) is 31.2 Å². The number of nitrogens with one attached hydrogen (secondary N) is 1. The maximum atomic E-state index is 6.06. The number of benzene rings is 1. The normalized spacial score (nSPS) is 24.9. The molecule has 1 aromatic carbocycles. The fourth-order valence-electron chi connectivity index (χ4n) is 3.36. The molecule has 92 valence electrons. The molecule has 17 heavy (non-hydrogen) atoms. The molecule has 0 saturated heterocycles. The quantitative estimate of drug-likeness (QED) is 0.860. The lowest BCUT2D eigenvalue weighted by atomic mass is 9.65. The highest BCUT2D eigenvalue weighted by atomic mass is 16.5. The molecular weight excluding hydrogens is 210 g/mol. The predicted octanol–water partition coefficient (Wildman–Crippen LogP) is 2.77. The van der Waals surface area contributed by atoms with Crippen molar-refractivity contribution < 1.29 is 4.74 Å². The molecule has 0 spiro atoms. The average molecular weight is 231 g/mol. The zero-order valence-electron chi connectivity index (χ0n) is 10.5. The van der Waals surface area contributed by atoms with Gasteiger partial charge < -0.3 is 10.1 Å². The van der Waals surface area contributed by atoms with Gasteiger partial charge in [-0.1, -0.05) is 24.6 Å². The highest BCUT2D eigenvalue weighted by Crippen LogP contribution is 2.46. The van der Waals surface area contributed by atoms with E-state index in [9.17, 15) is 0 Å². The zero-order valence-corrected chi connectivity index (χ0v) is 10.5. The highest BCUT2D eigenvalue weighted by Gasteiger charge is 2.40. The molecular formula is C15H21NO. The summed E-state index contributed by atoms with van der Waals surface area (Å²) < 4.78 is 6.06. The summed E-state index contributed by atoms with van der Waals surface area (Å²) in [6, 6.07) is 8.47. The fraction of sp³-hybridized carbons (Fsp3) is 0.600. The van der Waals surface area contributed by atoms with Gasteiger partial charge in [0.05, 0.1) is 0 Å². The maximum Gasteiger partial charge on any atom is 0.123 e. The molecule has 1 fully saturated rings. The van der Waals surface area contributed by atoms with Crippen molar-refractivity contribution in [3.63, 3.8) is 0 Å². The monoisotopic (exact) mass is 231 g/mol. The smallest absolute Gasteiger partial charge is 0.123 e. The van der Waals surface area contributed by atoms with Crippen LogP contribution in [0.5, 0.6) is 5.75 Å². The van der Waals surface area contributed by atoms with Crippen LogP contribution in [0.25, 0.3) is 0 Å². The summed E-state index contributed by atoms with van der Waals surface area (Å²) in [4.78, 5) is 0. The van der Waals surface area contributed by atoms with E-state index in [1.807, 2.05) is 0 Å². The Kier molecular flexibility index (Phi) is 2.83. The molecule has 0 aromatic heterocycles. The SMILES string of the molecule is CNCC1(CC2Cc3ccccc3O2)CCC1. The van der Waals surface area contributed by atoms with Gasteiger partial charge in [-0.05, 0) is 43.4 Å². The number of hydrogen-bond acceptors (Lipinski definition) is 2. The van der Waals surface area contributed by atoms with Crippen LogP contribution in [0.1, 0.15) is 31.2 Å². The molecule has 0 radical (unpaired) electrons. The Morgan fingerprint density at radius 2 is 2.18 bits per heavy atom. The fourth-order valence-corrected chi connectivity index (χ4v) is 3.36. The number of hydrogen-bond donors (Lipinski definition) is 1. The predicted molar refractivity (Wildman–Crippen MR) is 69.4 cm³/mol. The van der Waals surface area contributed by atoms with Gasteiger partial charge in [-0.25, -0.2) is 0 Å². The van der Waals surface area contributed by atoms with Crippen LogP contribution in [0, 0.1) is 5.41 Å². The second-order valence-electron chi connectivity index (χ2n) is 5.64. The van der Waals surface area contributed by atoms with Gasteiger partial charge >= 0.3 is 0 Å². The minimum absolute atomic E-state index is 0.404. The molecule has 1 heterocycles. The molecule has 1 aromatic rings. The van der Waals surface area contributed by atoms with Gasteiger partial charge in [0.1, 0.15) is 11.9 Å². The average Bonchev–Trinajstić information content (AvgIpc) is 2.68. The third-order valence-electron chi connectivity index (χ3n) is 4.34. The lowest BCUT2D eigenvalue weighted by molar-refractivity contribution is 0.0627. The first-order valence-corrected chi connectivity index (χ1v) is 6.70. The van der Waals surface area contributed by atoms with Gasteiger partial charge in [-0.2, -0.15) is 0 Å². The van der Waals surface area contributed by atoms with Crippen LogP contribution in [0.15, 0.2) is 24.3 Å². The largest absolute Gasteiger partial charge is 0.490 e. The van der Waals surface area contributed by atoms with Crippen LogP contribution in [-0.4, -0.2) is 19.7 Å². The van der Waals surface area contributed by atoms with Crippen molar-refractivity contribution in [2.45, 2.75) is 38.2 Å². The Hall–Kier alpha value is -1.02. The van der Waals surface area contributed by atoms with Gasteiger partial charge in [0.15, 0.2) is 0 Å². The topological polar surface area (TPSA) is 21.3 Å². The molecule has 1 atom stereocenters. The van der Waals surface area contributed by atoms with E-state index < -0.39 is 0 Å².